The van der Waals surface area contributed by atoms with E-state index in [1.807, 2.05) is 12.4 Å². The summed E-state index contributed by atoms with van der Waals surface area (Å²) in [6, 6.07) is -0.357. The predicted octanol–water partition coefficient (Wildman–Crippen LogP) is -0.734. The van der Waals surface area contributed by atoms with Crippen LogP contribution in [0, 0.1) is 0 Å². The number of piperidine rings is 1. The van der Waals surface area contributed by atoms with Gasteiger partial charge in [0.15, 0.2) is 0 Å². The van der Waals surface area contributed by atoms with Gasteiger partial charge in [0.25, 0.3) is 5.91 Å². The maximum absolute atomic E-state index is 11.8. The SMILES string of the molecule is O=C1CCC(n2cc(CN3CCNCC3)cn2)C(=O)N1. The van der Waals surface area contributed by atoms with E-state index >= 15 is 0 Å². The molecule has 1 unspecified atom stereocenters. The van der Waals surface area contributed by atoms with Gasteiger partial charge in [0, 0.05) is 50.9 Å². The quantitative estimate of drug-likeness (QED) is 0.712. The van der Waals surface area contributed by atoms with Crippen molar-refractivity contribution in [3.05, 3.63) is 18.0 Å². The van der Waals surface area contributed by atoms with Crippen LogP contribution in [0.15, 0.2) is 12.4 Å². The van der Waals surface area contributed by atoms with Gasteiger partial charge in [-0.15, -0.1) is 0 Å². The Bertz CT molecular complexity index is 507. The Morgan fingerprint density at radius 2 is 2.10 bits per heavy atom. The van der Waals surface area contributed by atoms with Gasteiger partial charge < -0.3 is 5.32 Å². The lowest BCUT2D eigenvalue weighted by Gasteiger charge is -2.26. The van der Waals surface area contributed by atoms with Crippen molar-refractivity contribution in [2.45, 2.75) is 25.4 Å². The lowest BCUT2D eigenvalue weighted by atomic mass is 10.1. The number of carbonyl (C=O) groups excluding carboxylic acids is 2. The minimum atomic E-state index is -0.357. The summed E-state index contributed by atoms with van der Waals surface area (Å²) in [6.45, 7) is 4.95. The van der Waals surface area contributed by atoms with Gasteiger partial charge in [0.2, 0.25) is 5.91 Å². The molecule has 7 nitrogen and oxygen atoms in total. The van der Waals surface area contributed by atoms with Crippen molar-refractivity contribution in [2.24, 2.45) is 0 Å². The highest BCUT2D eigenvalue weighted by Crippen LogP contribution is 2.18. The monoisotopic (exact) mass is 277 g/mol. The van der Waals surface area contributed by atoms with Crippen LogP contribution in [0.4, 0.5) is 0 Å². The lowest BCUT2D eigenvalue weighted by molar-refractivity contribution is -0.135. The predicted molar refractivity (Wildman–Crippen MR) is 71.8 cm³/mol. The molecular weight excluding hydrogens is 258 g/mol. The summed E-state index contributed by atoms with van der Waals surface area (Å²) in [6.07, 6.45) is 4.64. The lowest BCUT2D eigenvalue weighted by Crippen LogP contribution is -2.43. The Balaban J connectivity index is 1.64. The number of hydrogen-bond donors (Lipinski definition) is 2. The van der Waals surface area contributed by atoms with E-state index in [0.717, 1.165) is 38.3 Å². The summed E-state index contributed by atoms with van der Waals surface area (Å²) in [5.74, 6) is -0.447. The highest BCUT2D eigenvalue weighted by molar-refractivity contribution is 5.99. The highest BCUT2D eigenvalue weighted by Gasteiger charge is 2.28. The Morgan fingerprint density at radius 1 is 1.30 bits per heavy atom. The van der Waals surface area contributed by atoms with E-state index in [0.29, 0.717) is 12.8 Å². The van der Waals surface area contributed by atoms with Gasteiger partial charge in [-0.25, -0.2) is 0 Å². The molecule has 20 heavy (non-hydrogen) atoms. The van der Waals surface area contributed by atoms with E-state index in [2.05, 4.69) is 20.6 Å². The molecule has 0 aliphatic carbocycles. The van der Waals surface area contributed by atoms with Crippen LogP contribution < -0.4 is 10.6 Å². The van der Waals surface area contributed by atoms with Crippen LogP contribution in [0.5, 0.6) is 0 Å². The van der Waals surface area contributed by atoms with Crippen molar-refractivity contribution in [2.75, 3.05) is 26.2 Å². The first kappa shape index (κ1) is 13.3. The number of hydrogen-bond acceptors (Lipinski definition) is 5. The van der Waals surface area contributed by atoms with Gasteiger partial charge in [0.1, 0.15) is 6.04 Å². The molecule has 2 N–H and O–H groups in total. The van der Waals surface area contributed by atoms with E-state index in [4.69, 9.17) is 0 Å². The minimum Gasteiger partial charge on any atom is -0.314 e. The molecule has 2 aliphatic heterocycles. The summed E-state index contributed by atoms with van der Waals surface area (Å²) in [5.41, 5.74) is 1.11. The molecule has 3 heterocycles. The zero-order valence-electron chi connectivity index (χ0n) is 11.3. The van der Waals surface area contributed by atoms with Crippen LogP contribution in [-0.4, -0.2) is 52.7 Å². The molecule has 0 radical (unpaired) electrons. The zero-order chi connectivity index (χ0) is 13.9. The van der Waals surface area contributed by atoms with Crippen molar-refractivity contribution in [1.29, 1.82) is 0 Å². The van der Waals surface area contributed by atoms with Crippen LogP contribution in [-0.2, 0) is 16.1 Å². The van der Waals surface area contributed by atoms with E-state index < -0.39 is 0 Å². The second-order valence-corrected chi connectivity index (χ2v) is 5.32. The second-order valence-electron chi connectivity index (χ2n) is 5.32. The van der Waals surface area contributed by atoms with Gasteiger partial charge in [-0.1, -0.05) is 0 Å². The van der Waals surface area contributed by atoms with E-state index in [9.17, 15) is 9.59 Å². The molecule has 1 aromatic rings. The van der Waals surface area contributed by atoms with Gasteiger partial charge in [-0.2, -0.15) is 5.10 Å². The number of carbonyl (C=O) groups is 2. The third-order valence-electron chi connectivity index (χ3n) is 3.80. The number of aromatic nitrogens is 2. The largest absolute Gasteiger partial charge is 0.314 e. The number of rotatable bonds is 3. The van der Waals surface area contributed by atoms with Crippen molar-refractivity contribution in [3.63, 3.8) is 0 Å². The first-order valence-electron chi connectivity index (χ1n) is 7.02. The van der Waals surface area contributed by atoms with Gasteiger partial charge >= 0.3 is 0 Å². The molecular formula is C13H19N5O2. The summed E-state index contributed by atoms with van der Waals surface area (Å²) in [7, 11) is 0. The Labute approximate surface area is 117 Å². The van der Waals surface area contributed by atoms with Gasteiger partial charge in [-0.05, 0) is 6.42 Å². The molecule has 2 fully saturated rings. The van der Waals surface area contributed by atoms with Gasteiger partial charge in [0.05, 0.1) is 6.20 Å². The number of amides is 2. The number of piperazine rings is 1. The number of imide groups is 1. The zero-order valence-corrected chi connectivity index (χ0v) is 11.3. The molecule has 0 saturated carbocycles. The third-order valence-corrected chi connectivity index (χ3v) is 3.80. The summed E-state index contributed by atoms with van der Waals surface area (Å²) in [5, 5.41) is 9.96. The van der Waals surface area contributed by atoms with Crippen molar-refractivity contribution < 1.29 is 9.59 Å². The van der Waals surface area contributed by atoms with Crippen molar-refractivity contribution in [1.82, 2.24) is 25.3 Å². The van der Waals surface area contributed by atoms with E-state index in [1.165, 1.54) is 0 Å². The molecule has 0 bridgehead atoms. The fourth-order valence-electron chi connectivity index (χ4n) is 2.69. The van der Waals surface area contributed by atoms with Crippen molar-refractivity contribution >= 4 is 11.8 Å². The Kier molecular flexibility index (Phi) is 3.79. The van der Waals surface area contributed by atoms with Gasteiger partial charge in [-0.3, -0.25) is 24.5 Å². The average Bonchev–Trinajstić information content (AvgIpc) is 2.88. The molecule has 7 heteroatoms. The first-order valence-corrected chi connectivity index (χ1v) is 7.02. The Hall–Kier alpha value is -1.73. The fraction of sp³-hybridized carbons (Fsp3) is 0.615. The minimum absolute atomic E-state index is 0.195. The van der Waals surface area contributed by atoms with Crippen LogP contribution in [0.1, 0.15) is 24.4 Å². The molecule has 108 valence electrons. The molecule has 1 aromatic heterocycles. The number of nitrogens with one attached hydrogen (secondary N) is 2. The van der Waals surface area contributed by atoms with Crippen LogP contribution in [0.2, 0.25) is 0 Å². The molecule has 2 aliphatic rings. The topological polar surface area (TPSA) is 79.3 Å². The normalized spacial score (nSPS) is 24.7. The molecule has 2 saturated heterocycles. The van der Waals surface area contributed by atoms with Crippen LogP contribution in [0.3, 0.4) is 0 Å². The summed E-state index contributed by atoms with van der Waals surface area (Å²) < 4.78 is 1.68. The second kappa shape index (κ2) is 5.72. The van der Waals surface area contributed by atoms with Crippen LogP contribution >= 0.6 is 0 Å². The molecule has 2 amide bonds. The van der Waals surface area contributed by atoms with E-state index in [1.54, 1.807) is 4.68 Å². The highest BCUT2D eigenvalue weighted by atomic mass is 16.2. The van der Waals surface area contributed by atoms with E-state index in [-0.39, 0.29) is 17.9 Å². The first-order chi connectivity index (χ1) is 9.72. The molecule has 3 rings (SSSR count). The smallest absolute Gasteiger partial charge is 0.251 e. The number of nitrogens with zero attached hydrogens (tertiary/aromatic N) is 3. The maximum atomic E-state index is 11.8. The maximum Gasteiger partial charge on any atom is 0.251 e. The Morgan fingerprint density at radius 3 is 2.85 bits per heavy atom. The fourth-order valence-corrected chi connectivity index (χ4v) is 2.69. The van der Waals surface area contributed by atoms with Crippen molar-refractivity contribution in [3.8, 4) is 0 Å². The average molecular weight is 277 g/mol. The molecule has 1 atom stereocenters. The molecule has 0 spiro atoms. The summed E-state index contributed by atoms with van der Waals surface area (Å²) >= 11 is 0. The van der Waals surface area contributed by atoms with Crippen LogP contribution in [0.25, 0.3) is 0 Å². The standard InChI is InChI=1S/C13H19N5O2/c19-12-2-1-11(13(20)16-12)18-9-10(7-15-18)8-17-5-3-14-4-6-17/h7,9,11,14H,1-6,8H2,(H,16,19,20). The summed E-state index contributed by atoms with van der Waals surface area (Å²) in [4.78, 5) is 25.3. The third kappa shape index (κ3) is 2.88. The molecule has 0 aromatic carbocycles.